The normalized spacial score (nSPS) is 11.5. The summed E-state index contributed by atoms with van der Waals surface area (Å²) in [6.07, 6.45) is -4.38. The second kappa shape index (κ2) is 4.55. The van der Waals surface area contributed by atoms with E-state index in [-0.39, 0.29) is 5.56 Å². The Kier molecular flexibility index (Phi) is 3.61. The molecule has 0 N–H and O–H groups in total. The Labute approximate surface area is 86.9 Å². The van der Waals surface area contributed by atoms with Crippen LogP contribution in [0.2, 0.25) is 0 Å². The van der Waals surface area contributed by atoms with E-state index in [2.05, 4.69) is 0 Å². The second-order valence-electron chi connectivity index (χ2n) is 3.29. The van der Waals surface area contributed by atoms with Crippen molar-refractivity contribution in [1.29, 1.82) is 0 Å². The van der Waals surface area contributed by atoms with Gasteiger partial charge in [0.2, 0.25) is 0 Å². The predicted molar refractivity (Wildman–Crippen MR) is 52.1 cm³/mol. The lowest BCUT2D eigenvalue weighted by molar-refractivity contribution is -0.127. The van der Waals surface area contributed by atoms with Gasteiger partial charge in [-0.1, -0.05) is 19.1 Å². The van der Waals surface area contributed by atoms with E-state index in [1.807, 2.05) is 6.92 Å². The highest BCUT2D eigenvalue weighted by molar-refractivity contribution is 5.37. The third-order valence-corrected chi connectivity index (χ3v) is 2.13. The Balaban J connectivity index is 2.93. The molecule has 0 saturated carbocycles. The summed E-state index contributed by atoms with van der Waals surface area (Å²) in [5.74, 6) is 0.642. The summed E-state index contributed by atoms with van der Waals surface area (Å²) in [6.45, 7) is 1.88. The third-order valence-electron chi connectivity index (χ3n) is 2.13. The van der Waals surface area contributed by atoms with Crippen LogP contribution >= 0.6 is 0 Å². The zero-order chi connectivity index (χ0) is 11.5. The Morgan fingerprint density at radius 3 is 2.40 bits per heavy atom. The molecule has 15 heavy (non-hydrogen) atoms. The molecule has 0 aliphatic rings. The first kappa shape index (κ1) is 11.9. The highest BCUT2D eigenvalue weighted by Crippen LogP contribution is 2.25. The molecule has 0 atom stereocenters. The van der Waals surface area contributed by atoms with Crippen molar-refractivity contribution >= 4 is 0 Å². The molecule has 0 aromatic heterocycles. The van der Waals surface area contributed by atoms with Gasteiger partial charge in [0.05, 0.1) is 13.5 Å². The fourth-order valence-corrected chi connectivity index (χ4v) is 1.45. The summed E-state index contributed by atoms with van der Waals surface area (Å²) in [5, 5.41) is 0. The van der Waals surface area contributed by atoms with Crippen molar-refractivity contribution in [2.75, 3.05) is 7.11 Å². The van der Waals surface area contributed by atoms with Gasteiger partial charge >= 0.3 is 6.18 Å². The van der Waals surface area contributed by atoms with Gasteiger partial charge < -0.3 is 4.74 Å². The van der Waals surface area contributed by atoms with E-state index in [1.54, 1.807) is 12.1 Å². The zero-order valence-corrected chi connectivity index (χ0v) is 8.69. The average molecular weight is 218 g/mol. The lowest BCUT2D eigenvalue weighted by Crippen LogP contribution is -2.11. The highest BCUT2D eigenvalue weighted by atomic mass is 19.4. The maximum absolute atomic E-state index is 12.1. The number of alkyl halides is 3. The van der Waals surface area contributed by atoms with Gasteiger partial charge in [-0.15, -0.1) is 0 Å². The molecule has 1 aromatic rings. The SMILES string of the molecule is CCc1cc(CC(F)(F)F)ccc1OC. The van der Waals surface area contributed by atoms with E-state index in [0.29, 0.717) is 12.2 Å². The van der Waals surface area contributed by atoms with Crippen molar-refractivity contribution in [3.63, 3.8) is 0 Å². The molecule has 0 heterocycles. The molecule has 1 rings (SSSR count). The van der Waals surface area contributed by atoms with Gasteiger partial charge in [-0.25, -0.2) is 0 Å². The first-order chi connectivity index (χ1) is 6.96. The van der Waals surface area contributed by atoms with Crippen LogP contribution in [-0.2, 0) is 12.8 Å². The molecule has 0 bridgehead atoms. The molecule has 4 heteroatoms. The monoisotopic (exact) mass is 218 g/mol. The van der Waals surface area contributed by atoms with Crippen LogP contribution in [0.15, 0.2) is 18.2 Å². The van der Waals surface area contributed by atoms with Crippen LogP contribution < -0.4 is 4.74 Å². The Morgan fingerprint density at radius 2 is 1.93 bits per heavy atom. The van der Waals surface area contributed by atoms with Gasteiger partial charge in [0.25, 0.3) is 0 Å². The molecule has 0 fully saturated rings. The van der Waals surface area contributed by atoms with E-state index in [9.17, 15) is 13.2 Å². The Morgan fingerprint density at radius 1 is 1.27 bits per heavy atom. The molecular formula is C11H13F3O. The van der Waals surface area contributed by atoms with Gasteiger partial charge in [-0.2, -0.15) is 13.2 Å². The number of methoxy groups -OCH3 is 1. The van der Waals surface area contributed by atoms with Crippen molar-refractivity contribution in [3.05, 3.63) is 29.3 Å². The van der Waals surface area contributed by atoms with Gasteiger partial charge in [0.1, 0.15) is 5.75 Å². The predicted octanol–water partition coefficient (Wildman–Crippen LogP) is 3.36. The molecule has 0 amide bonds. The molecule has 0 spiro atoms. The van der Waals surface area contributed by atoms with Crippen molar-refractivity contribution in [2.45, 2.75) is 25.9 Å². The molecular weight excluding hydrogens is 205 g/mol. The van der Waals surface area contributed by atoms with Gasteiger partial charge in [-0.3, -0.25) is 0 Å². The summed E-state index contributed by atoms with van der Waals surface area (Å²) >= 11 is 0. The summed E-state index contributed by atoms with van der Waals surface area (Å²) in [4.78, 5) is 0. The number of aryl methyl sites for hydroxylation is 1. The van der Waals surface area contributed by atoms with E-state index in [4.69, 9.17) is 4.74 Å². The van der Waals surface area contributed by atoms with E-state index in [0.717, 1.165) is 5.56 Å². The quantitative estimate of drug-likeness (QED) is 0.755. The molecule has 0 aliphatic heterocycles. The van der Waals surface area contributed by atoms with Crippen LogP contribution in [0.4, 0.5) is 13.2 Å². The number of rotatable bonds is 3. The van der Waals surface area contributed by atoms with Crippen molar-refractivity contribution < 1.29 is 17.9 Å². The maximum Gasteiger partial charge on any atom is 0.393 e. The molecule has 0 saturated heterocycles. The summed E-state index contributed by atoms with van der Waals surface area (Å²) < 4.78 is 41.4. The van der Waals surface area contributed by atoms with Crippen LogP contribution in [0.25, 0.3) is 0 Å². The fraction of sp³-hybridized carbons (Fsp3) is 0.455. The molecule has 84 valence electrons. The topological polar surface area (TPSA) is 9.23 Å². The number of hydrogen-bond acceptors (Lipinski definition) is 1. The fourth-order valence-electron chi connectivity index (χ4n) is 1.45. The summed E-state index contributed by atoms with van der Waals surface area (Å²) in [6, 6.07) is 4.58. The highest BCUT2D eigenvalue weighted by Gasteiger charge is 2.27. The molecule has 0 unspecified atom stereocenters. The van der Waals surface area contributed by atoms with E-state index >= 15 is 0 Å². The molecule has 0 aliphatic carbocycles. The molecule has 1 nitrogen and oxygen atoms in total. The number of ether oxygens (including phenoxy) is 1. The van der Waals surface area contributed by atoms with Crippen LogP contribution in [-0.4, -0.2) is 13.3 Å². The van der Waals surface area contributed by atoms with E-state index < -0.39 is 12.6 Å². The van der Waals surface area contributed by atoms with E-state index in [1.165, 1.54) is 13.2 Å². The second-order valence-corrected chi connectivity index (χ2v) is 3.29. The number of benzene rings is 1. The first-order valence-electron chi connectivity index (χ1n) is 4.69. The Hall–Kier alpha value is -1.19. The van der Waals surface area contributed by atoms with Crippen LogP contribution in [0, 0.1) is 0 Å². The minimum Gasteiger partial charge on any atom is -0.496 e. The van der Waals surface area contributed by atoms with Crippen LogP contribution in [0.3, 0.4) is 0 Å². The lowest BCUT2D eigenvalue weighted by Gasteiger charge is -2.10. The minimum absolute atomic E-state index is 0.278. The maximum atomic E-state index is 12.1. The first-order valence-corrected chi connectivity index (χ1v) is 4.69. The Bertz CT molecular complexity index is 331. The third kappa shape index (κ3) is 3.46. The zero-order valence-electron chi connectivity index (χ0n) is 8.69. The molecule has 0 radical (unpaired) electrons. The number of hydrogen-bond donors (Lipinski definition) is 0. The van der Waals surface area contributed by atoms with Gasteiger partial charge in [-0.05, 0) is 23.6 Å². The van der Waals surface area contributed by atoms with Crippen molar-refractivity contribution in [1.82, 2.24) is 0 Å². The molecule has 1 aromatic carbocycles. The van der Waals surface area contributed by atoms with Crippen LogP contribution in [0.1, 0.15) is 18.1 Å². The van der Waals surface area contributed by atoms with Crippen LogP contribution in [0.5, 0.6) is 5.75 Å². The smallest absolute Gasteiger partial charge is 0.393 e. The largest absolute Gasteiger partial charge is 0.496 e. The number of halogens is 3. The van der Waals surface area contributed by atoms with Gasteiger partial charge in [0, 0.05) is 0 Å². The van der Waals surface area contributed by atoms with Gasteiger partial charge in [0.15, 0.2) is 0 Å². The minimum atomic E-state index is -4.15. The summed E-state index contributed by atoms with van der Waals surface area (Å²) in [5.41, 5.74) is 1.08. The lowest BCUT2D eigenvalue weighted by atomic mass is 10.1. The average Bonchev–Trinajstić information content (AvgIpc) is 2.15. The van der Waals surface area contributed by atoms with Crippen molar-refractivity contribution in [3.8, 4) is 5.75 Å². The summed E-state index contributed by atoms with van der Waals surface area (Å²) in [7, 11) is 1.51. The van der Waals surface area contributed by atoms with Crippen molar-refractivity contribution in [2.24, 2.45) is 0 Å². The standard InChI is InChI=1S/C11H13F3O/c1-3-9-6-8(7-11(12,13)14)4-5-10(9)15-2/h4-6H,3,7H2,1-2H3.